The van der Waals surface area contributed by atoms with Crippen LogP contribution in [-0.4, -0.2) is 39.8 Å². The number of methoxy groups -OCH3 is 3. The van der Waals surface area contributed by atoms with Gasteiger partial charge in [0.2, 0.25) is 0 Å². The smallest absolute Gasteiger partial charge is 0.273 e. The highest BCUT2D eigenvalue weighted by Crippen LogP contribution is 2.28. The number of hydrazine groups is 1. The normalized spacial score (nSPS) is 10.3. The molecule has 8 heteroatoms. The number of benzene rings is 2. The molecule has 0 atom stereocenters. The quantitative estimate of drug-likeness (QED) is 0.610. The molecule has 8 nitrogen and oxygen atoms in total. The average molecular weight is 416 g/mol. The van der Waals surface area contributed by atoms with Crippen LogP contribution in [0.5, 0.6) is 23.0 Å². The van der Waals surface area contributed by atoms with Crippen LogP contribution >= 0.6 is 0 Å². The first kappa shape index (κ1) is 22.9. The first-order valence-electron chi connectivity index (χ1n) is 9.53. The van der Waals surface area contributed by atoms with Gasteiger partial charge in [-0.15, -0.1) is 0 Å². The summed E-state index contributed by atoms with van der Waals surface area (Å²) in [6.45, 7) is 4.78. The number of rotatable bonds is 9. The number of nitrogens with one attached hydrogen (secondary N) is 2. The monoisotopic (exact) mass is 416 g/mol. The van der Waals surface area contributed by atoms with Crippen LogP contribution in [0, 0.1) is 5.92 Å². The van der Waals surface area contributed by atoms with Crippen molar-refractivity contribution >= 4 is 11.8 Å². The SMILES string of the molecule is COc1ccc(C(=O)NNC(=O)c2ccc(OCCC(C)C)c(OC)c2)c(OC)c1. The van der Waals surface area contributed by atoms with Crippen LogP contribution in [0.3, 0.4) is 0 Å². The fourth-order valence-electron chi connectivity index (χ4n) is 2.57. The van der Waals surface area contributed by atoms with Gasteiger partial charge in [-0.05, 0) is 42.7 Å². The van der Waals surface area contributed by atoms with Crippen LogP contribution in [0.1, 0.15) is 41.0 Å². The number of hydrogen-bond donors (Lipinski definition) is 2. The Morgan fingerprint density at radius 1 is 0.833 bits per heavy atom. The zero-order valence-electron chi connectivity index (χ0n) is 17.9. The first-order valence-corrected chi connectivity index (χ1v) is 9.53. The highest BCUT2D eigenvalue weighted by molar-refractivity contribution is 6.00. The van der Waals surface area contributed by atoms with Crippen molar-refractivity contribution in [2.45, 2.75) is 20.3 Å². The van der Waals surface area contributed by atoms with Gasteiger partial charge in [0.15, 0.2) is 11.5 Å². The maximum atomic E-state index is 12.4. The number of carbonyl (C=O) groups is 2. The zero-order valence-corrected chi connectivity index (χ0v) is 17.9. The largest absolute Gasteiger partial charge is 0.497 e. The number of hydrogen-bond acceptors (Lipinski definition) is 6. The molecule has 0 aliphatic heterocycles. The Morgan fingerprint density at radius 3 is 2.17 bits per heavy atom. The maximum Gasteiger partial charge on any atom is 0.273 e. The zero-order chi connectivity index (χ0) is 22.1. The molecule has 0 aliphatic carbocycles. The molecule has 0 bridgehead atoms. The van der Waals surface area contributed by atoms with Crippen molar-refractivity contribution in [3.05, 3.63) is 47.5 Å². The van der Waals surface area contributed by atoms with Gasteiger partial charge in [-0.2, -0.15) is 0 Å². The summed E-state index contributed by atoms with van der Waals surface area (Å²) in [5.74, 6) is 1.37. The summed E-state index contributed by atoms with van der Waals surface area (Å²) in [4.78, 5) is 24.9. The highest BCUT2D eigenvalue weighted by Gasteiger charge is 2.16. The highest BCUT2D eigenvalue weighted by atomic mass is 16.5. The molecule has 2 N–H and O–H groups in total. The molecule has 2 aromatic rings. The van der Waals surface area contributed by atoms with Crippen LogP contribution in [0.15, 0.2) is 36.4 Å². The second-order valence-corrected chi connectivity index (χ2v) is 6.87. The molecule has 0 aliphatic rings. The average Bonchev–Trinajstić information content (AvgIpc) is 2.76. The molecule has 2 aromatic carbocycles. The third kappa shape index (κ3) is 6.04. The van der Waals surface area contributed by atoms with Gasteiger partial charge >= 0.3 is 0 Å². The lowest BCUT2D eigenvalue weighted by atomic mass is 10.1. The Balaban J connectivity index is 2.03. The molecule has 2 amide bonds. The molecule has 0 unspecified atom stereocenters. The Hall–Kier alpha value is -3.42. The molecule has 0 saturated heterocycles. The fraction of sp³-hybridized carbons (Fsp3) is 0.364. The van der Waals surface area contributed by atoms with Crippen molar-refractivity contribution in [3.63, 3.8) is 0 Å². The van der Waals surface area contributed by atoms with E-state index in [1.165, 1.54) is 21.3 Å². The van der Waals surface area contributed by atoms with E-state index >= 15 is 0 Å². The van der Waals surface area contributed by atoms with Crippen LogP contribution in [0.2, 0.25) is 0 Å². The lowest BCUT2D eigenvalue weighted by Crippen LogP contribution is -2.41. The molecule has 0 saturated carbocycles. The van der Waals surface area contributed by atoms with Gasteiger partial charge in [0.05, 0.1) is 33.5 Å². The van der Waals surface area contributed by atoms with Gasteiger partial charge in [0, 0.05) is 11.6 Å². The number of ether oxygens (including phenoxy) is 4. The van der Waals surface area contributed by atoms with Crippen LogP contribution < -0.4 is 29.8 Å². The molecule has 0 heterocycles. The van der Waals surface area contributed by atoms with Crippen molar-refractivity contribution in [2.24, 2.45) is 5.92 Å². The summed E-state index contributed by atoms with van der Waals surface area (Å²) in [7, 11) is 4.47. The minimum Gasteiger partial charge on any atom is -0.497 e. The summed E-state index contributed by atoms with van der Waals surface area (Å²) >= 11 is 0. The minimum atomic E-state index is -0.525. The predicted molar refractivity (Wildman–Crippen MR) is 112 cm³/mol. The van der Waals surface area contributed by atoms with Crippen LogP contribution in [0.4, 0.5) is 0 Å². The van der Waals surface area contributed by atoms with E-state index in [0.29, 0.717) is 41.1 Å². The lowest BCUT2D eigenvalue weighted by molar-refractivity contribution is 0.0844. The Labute approximate surface area is 176 Å². The summed E-state index contributed by atoms with van der Waals surface area (Å²) in [5, 5.41) is 0. The molecule has 0 radical (unpaired) electrons. The minimum absolute atomic E-state index is 0.255. The predicted octanol–water partition coefficient (Wildman–Crippen LogP) is 3.21. The van der Waals surface area contributed by atoms with E-state index in [2.05, 4.69) is 24.7 Å². The van der Waals surface area contributed by atoms with E-state index in [9.17, 15) is 9.59 Å². The fourth-order valence-corrected chi connectivity index (χ4v) is 2.57. The van der Waals surface area contributed by atoms with Crippen LogP contribution in [-0.2, 0) is 0 Å². The standard InChI is InChI=1S/C22H28N2O6/c1-14(2)10-11-30-18-9-6-15(12-20(18)29-5)21(25)23-24-22(26)17-8-7-16(27-3)13-19(17)28-4/h6-9,12-14H,10-11H2,1-5H3,(H,23,25)(H,24,26). The lowest BCUT2D eigenvalue weighted by Gasteiger charge is -2.14. The summed E-state index contributed by atoms with van der Waals surface area (Å²) in [6, 6.07) is 9.58. The molecule has 30 heavy (non-hydrogen) atoms. The number of carbonyl (C=O) groups excluding carboxylic acids is 2. The van der Waals surface area contributed by atoms with E-state index in [-0.39, 0.29) is 5.56 Å². The third-order valence-corrected chi connectivity index (χ3v) is 4.32. The summed E-state index contributed by atoms with van der Waals surface area (Å²) in [6.07, 6.45) is 0.909. The van der Waals surface area contributed by atoms with Crippen molar-refractivity contribution in [3.8, 4) is 23.0 Å². The molecule has 0 fully saturated rings. The van der Waals surface area contributed by atoms with Crippen molar-refractivity contribution < 1.29 is 28.5 Å². The summed E-state index contributed by atoms with van der Waals surface area (Å²) in [5.41, 5.74) is 5.33. The number of amides is 2. The molecule has 2 rings (SSSR count). The van der Waals surface area contributed by atoms with E-state index in [1.54, 1.807) is 36.4 Å². The van der Waals surface area contributed by atoms with E-state index < -0.39 is 11.8 Å². The molecule has 0 spiro atoms. The summed E-state index contributed by atoms with van der Waals surface area (Å²) < 4.78 is 21.4. The van der Waals surface area contributed by atoms with Crippen LogP contribution in [0.25, 0.3) is 0 Å². The van der Waals surface area contributed by atoms with Gasteiger partial charge in [0.25, 0.3) is 11.8 Å². The van der Waals surface area contributed by atoms with Gasteiger partial charge in [-0.3, -0.25) is 20.4 Å². The van der Waals surface area contributed by atoms with E-state index in [0.717, 1.165) is 6.42 Å². The molecule has 0 aromatic heterocycles. The first-order chi connectivity index (χ1) is 14.4. The third-order valence-electron chi connectivity index (χ3n) is 4.32. The second kappa shape index (κ2) is 10.9. The van der Waals surface area contributed by atoms with Gasteiger partial charge in [-0.25, -0.2) is 0 Å². The Bertz CT molecular complexity index is 882. The molecular weight excluding hydrogens is 388 g/mol. The molecule has 162 valence electrons. The Morgan fingerprint density at radius 2 is 1.53 bits per heavy atom. The maximum absolute atomic E-state index is 12.4. The van der Waals surface area contributed by atoms with Crippen molar-refractivity contribution in [2.75, 3.05) is 27.9 Å². The van der Waals surface area contributed by atoms with E-state index in [1.807, 2.05) is 0 Å². The molecular formula is C22H28N2O6. The topological polar surface area (TPSA) is 95.1 Å². The van der Waals surface area contributed by atoms with Gasteiger partial charge in [-0.1, -0.05) is 13.8 Å². The van der Waals surface area contributed by atoms with Crippen molar-refractivity contribution in [1.29, 1.82) is 0 Å². The van der Waals surface area contributed by atoms with E-state index in [4.69, 9.17) is 18.9 Å². The van der Waals surface area contributed by atoms with Crippen molar-refractivity contribution in [1.82, 2.24) is 10.9 Å². The second-order valence-electron chi connectivity index (χ2n) is 6.87. The van der Waals surface area contributed by atoms with Gasteiger partial charge in [0.1, 0.15) is 11.5 Å². The Kier molecular flexibility index (Phi) is 8.34. The van der Waals surface area contributed by atoms with Gasteiger partial charge < -0.3 is 18.9 Å².